The summed E-state index contributed by atoms with van der Waals surface area (Å²) in [7, 11) is 0. The Bertz CT molecular complexity index is 581. The van der Waals surface area contributed by atoms with Crippen molar-refractivity contribution in [1.82, 2.24) is 4.90 Å². The molecular formula is C17H21NO3. The van der Waals surface area contributed by atoms with Crippen molar-refractivity contribution in [3.8, 4) is 0 Å². The lowest BCUT2D eigenvalue weighted by Gasteiger charge is -2.25. The predicted octanol–water partition coefficient (Wildman–Crippen LogP) is 2.23. The molecule has 2 unspecified atom stereocenters. The van der Waals surface area contributed by atoms with Crippen LogP contribution in [0.15, 0.2) is 30.3 Å². The van der Waals surface area contributed by atoms with Crippen molar-refractivity contribution in [3.63, 3.8) is 0 Å². The molecule has 3 rings (SSSR count). The number of hydrogen-bond acceptors (Lipinski definition) is 3. The second-order valence-electron chi connectivity index (χ2n) is 6.47. The zero-order chi connectivity index (χ0) is 15.3. The molecule has 2 fully saturated rings. The normalized spacial score (nSPS) is 29.2. The summed E-state index contributed by atoms with van der Waals surface area (Å²) >= 11 is 0. The highest BCUT2D eigenvalue weighted by Gasteiger charge is 2.84. The molecule has 1 aromatic carbocycles. The van der Waals surface area contributed by atoms with Gasteiger partial charge in [-0.05, 0) is 17.9 Å². The van der Waals surface area contributed by atoms with E-state index in [4.69, 9.17) is 4.74 Å². The van der Waals surface area contributed by atoms with E-state index in [2.05, 4.69) is 0 Å². The quantitative estimate of drug-likeness (QED) is 0.630. The minimum atomic E-state index is -0.947. The molecule has 1 amide bonds. The van der Waals surface area contributed by atoms with E-state index in [1.54, 1.807) is 11.8 Å². The number of likely N-dealkylation sites (tertiary alicyclic amines) is 1. The Morgan fingerprint density at radius 2 is 2.00 bits per heavy atom. The van der Waals surface area contributed by atoms with E-state index < -0.39 is 5.41 Å². The van der Waals surface area contributed by atoms with Crippen molar-refractivity contribution in [2.45, 2.75) is 27.3 Å². The van der Waals surface area contributed by atoms with Crippen molar-refractivity contribution >= 4 is 11.9 Å². The van der Waals surface area contributed by atoms with E-state index >= 15 is 0 Å². The Morgan fingerprint density at radius 1 is 1.33 bits per heavy atom. The summed E-state index contributed by atoms with van der Waals surface area (Å²) in [5.74, 6) is -0.347. The fraction of sp³-hybridized carbons (Fsp3) is 0.529. The van der Waals surface area contributed by atoms with Gasteiger partial charge in [0.05, 0.1) is 6.61 Å². The number of carbonyl (C=O) groups excluding carboxylic acids is 2. The van der Waals surface area contributed by atoms with Gasteiger partial charge in [-0.25, -0.2) is 0 Å². The number of hydrogen-bond donors (Lipinski definition) is 0. The van der Waals surface area contributed by atoms with Crippen LogP contribution in [0.25, 0.3) is 0 Å². The highest BCUT2D eigenvalue weighted by molar-refractivity contribution is 6.10. The van der Waals surface area contributed by atoms with Crippen LogP contribution in [0.5, 0.6) is 0 Å². The third kappa shape index (κ3) is 1.74. The summed E-state index contributed by atoms with van der Waals surface area (Å²) in [4.78, 5) is 27.0. The number of amides is 1. The Morgan fingerprint density at radius 3 is 2.62 bits per heavy atom. The molecule has 1 heterocycles. The summed E-state index contributed by atoms with van der Waals surface area (Å²) in [5.41, 5.74) is -0.148. The van der Waals surface area contributed by atoms with Crippen LogP contribution in [0.2, 0.25) is 0 Å². The third-order valence-corrected chi connectivity index (χ3v) is 5.17. The van der Waals surface area contributed by atoms with Crippen molar-refractivity contribution in [2.24, 2.45) is 16.7 Å². The average Bonchev–Trinajstić information content (AvgIpc) is 2.77. The lowest BCUT2D eigenvalue weighted by atomic mass is 9.94. The molecule has 4 heteroatoms. The molecule has 0 spiro atoms. The van der Waals surface area contributed by atoms with Gasteiger partial charge >= 0.3 is 5.97 Å². The SMILES string of the molecule is CCOC(=O)C12C(=O)N(Cc3ccccc3)CC1C2(C)C. The van der Waals surface area contributed by atoms with E-state index in [0.29, 0.717) is 19.7 Å². The number of ether oxygens (including phenoxy) is 1. The third-order valence-electron chi connectivity index (χ3n) is 5.17. The molecule has 0 aromatic heterocycles. The molecule has 1 saturated carbocycles. The van der Waals surface area contributed by atoms with Crippen molar-refractivity contribution in [3.05, 3.63) is 35.9 Å². The number of piperidine rings is 1. The summed E-state index contributed by atoms with van der Waals surface area (Å²) in [6.07, 6.45) is 0. The summed E-state index contributed by atoms with van der Waals surface area (Å²) in [6, 6.07) is 9.87. The minimum absolute atomic E-state index is 0.0696. The van der Waals surface area contributed by atoms with Crippen LogP contribution >= 0.6 is 0 Å². The maximum atomic E-state index is 12.8. The fourth-order valence-corrected chi connectivity index (χ4v) is 3.89. The molecule has 1 aromatic rings. The molecule has 1 aliphatic carbocycles. The second-order valence-corrected chi connectivity index (χ2v) is 6.47. The number of rotatable bonds is 4. The number of fused-ring (bicyclic) bond motifs is 1. The minimum Gasteiger partial charge on any atom is -0.465 e. The van der Waals surface area contributed by atoms with Crippen LogP contribution in [-0.2, 0) is 20.9 Å². The molecule has 112 valence electrons. The highest BCUT2D eigenvalue weighted by Crippen LogP contribution is 2.73. The molecule has 2 atom stereocenters. The molecule has 1 aliphatic heterocycles. The Labute approximate surface area is 125 Å². The van der Waals surface area contributed by atoms with Gasteiger partial charge in [-0.15, -0.1) is 0 Å². The van der Waals surface area contributed by atoms with E-state index in [-0.39, 0.29) is 23.2 Å². The zero-order valence-corrected chi connectivity index (χ0v) is 12.8. The molecular weight excluding hydrogens is 266 g/mol. The lowest BCUT2D eigenvalue weighted by molar-refractivity contribution is -0.158. The summed E-state index contributed by atoms with van der Waals surface area (Å²) < 4.78 is 5.19. The van der Waals surface area contributed by atoms with Crippen LogP contribution in [0.1, 0.15) is 26.3 Å². The van der Waals surface area contributed by atoms with E-state index in [9.17, 15) is 9.59 Å². The maximum absolute atomic E-state index is 12.8. The van der Waals surface area contributed by atoms with Gasteiger partial charge < -0.3 is 9.64 Å². The van der Waals surface area contributed by atoms with Crippen molar-refractivity contribution < 1.29 is 14.3 Å². The molecule has 0 bridgehead atoms. The first-order valence-corrected chi connectivity index (χ1v) is 7.46. The Balaban J connectivity index is 1.82. The standard InChI is InChI=1S/C17H21NO3/c1-4-21-15(20)17-13(16(17,2)3)11-18(14(17)19)10-12-8-6-5-7-9-12/h5-9,13H,4,10-11H2,1-3H3. The van der Waals surface area contributed by atoms with E-state index in [0.717, 1.165) is 5.56 Å². The van der Waals surface area contributed by atoms with Gasteiger partial charge in [0.15, 0.2) is 5.41 Å². The smallest absolute Gasteiger partial charge is 0.322 e. The monoisotopic (exact) mass is 287 g/mol. The van der Waals surface area contributed by atoms with E-state index in [1.165, 1.54) is 0 Å². The lowest BCUT2D eigenvalue weighted by Crippen LogP contribution is -2.40. The van der Waals surface area contributed by atoms with Crippen LogP contribution in [0.3, 0.4) is 0 Å². The first-order valence-electron chi connectivity index (χ1n) is 7.46. The Hall–Kier alpha value is -1.84. The van der Waals surface area contributed by atoms with Crippen LogP contribution in [0.4, 0.5) is 0 Å². The van der Waals surface area contributed by atoms with Gasteiger partial charge in [0.1, 0.15) is 0 Å². The van der Waals surface area contributed by atoms with Crippen molar-refractivity contribution in [1.29, 1.82) is 0 Å². The summed E-state index contributed by atoms with van der Waals surface area (Å²) in [6.45, 7) is 7.28. The molecule has 21 heavy (non-hydrogen) atoms. The molecule has 1 saturated heterocycles. The number of esters is 1. The number of benzene rings is 1. The molecule has 0 N–H and O–H groups in total. The van der Waals surface area contributed by atoms with Gasteiger partial charge in [-0.1, -0.05) is 44.2 Å². The number of carbonyl (C=O) groups is 2. The molecule has 4 nitrogen and oxygen atoms in total. The topological polar surface area (TPSA) is 46.6 Å². The summed E-state index contributed by atoms with van der Waals surface area (Å²) in [5, 5.41) is 0. The molecule has 0 radical (unpaired) electrons. The number of nitrogens with zero attached hydrogens (tertiary/aromatic N) is 1. The largest absolute Gasteiger partial charge is 0.465 e. The van der Waals surface area contributed by atoms with Crippen LogP contribution < -0.4 is 0 Å². The fourth-order valence-electron chi connectivity index (χ4n) is 3.89. The first-order chi connectivity index (χ1) is 9.96. The second kappa shape index (κ2) is 4.58. The van der Waals surface area contributed by atoms with Crippen molar-refractivity contribution in [2.75, 3.05) is 13.2 Å². The van der Waals surface area contributed by atoms with Gasteiger partial charge in [-0.3, -0.25) is 9.59 Å². The van der Waals surface area contributed by atoms with Gasteiger partial charge in [0.25, 0.3) is 0 Å². The average molecular weight is 287 g/mol. The zero-order valence-electron chi connectivity index (χ0n) is 12.8. The van der Waals surface area contributed by atoms with Gasteiger partial charge in [-0.2, -0.15) is 0 Å². The molecule has 2 aliphatic rings. The Kier molecular flexibility index (Phi) is 3.08. The maximum Gasteiger partial charge on any atom is 0.322 e. The van der Waals surface area contributed by atoms with E-state index in [1.807, 2.05) is 44.2 Å². The van der Waals surface area contributed by atoms with Gasteiger partial charge in [0, 0.05) is 19.0 Å². The first kappa shape index (κ1) is 14.1. The van der Waals surface area contributed by atoms with Crippen LogP contribution in [0, 0.1) is 16.7 Å². The van der Waals surface area contributed by atoms with Crippen LogP contribution in [-0.4, -0.2) is 29.9 Å². The van der Waals surface area contributed by atoms with Gasteiger partial charge in [0.2, 0.25) is 5.91 Å². The predicted molar refractivity (Wildman–Crippen MR) is 78.2 cm³/mol. The highest BCUT2D eigenvalue weighted by atomic mass is 16.5.